The minimum absolute atomic E-state index is 0.234. The molecule has 0 aliphatic heterocycles. The summed E-state index contributed by atoms with van der Waals surface area (Å²) in [5.74, 6) is -0.234. The van der Waals surface area contributed by atoms with Crippen LogP contribution in [0.15, 0.2) is 35.7 Å². The van der Waals surface area contributed by atoms with E-state index in [0.717, 1.165) is 32.7 Å². The van der Waals surface area contributed by atoms with Crippen LogP contribution >= 0.6 is 34.3 Å². The van der Waals surface area contributed by atoms with Gasteiger partial charge in [0.1, 0.15) is 4.88 Å². The number of amides is 1. The third-order valence-electron chi connectivity index (χ3n) is 4.18. The van der Waals surface area contributed by atoms with Gasteiger partial charge in [0.25, 0.3) is 5.91 Å². The van der Waals surface area contributed by atoms with E-state index in [1.54, 1.807) is 4.68 Å². The molecule has 0 unspecified atom stereocenters. The first kappa shape index (κ1) is 17.1. The van der Waals surface area contributed by atoms with Crippen LogP contribution < -0.4 is 11.2 Å². The Morgan fingerprint density at radius 1 is 1.31 bits per heavy atom. The first-order chi connectivity index (χ1) is 12.5. The smallest absolute Gasteiger partial charge is 0.281 e. The van der Waals surface area contributed by atoms with E-state index < -0.39 is 0 Å². The molecule has 0 saturated carbocycles. The van der Waals surface area contributed by atoms with Crippen molar-refractivity contribution in [2.24, 2.45) is 0 Å². The van der Waals surface area contributed by atoms with E-state index in [-0.39, 0.29) is 5.91 Å². The van der Waals surface area contributed by atoms with Crippen molar-refractivity contribution in [3.8, 4) is 11.3 Å². The normalized spacial score (nSPS) is 11.2. The fraction of sp³-hybridized carbons (Fsp3) is 0.111. The standard InChI is InChI=1S/C18H15ClN4OS2/c1-9-7-12(13-8-25-18(20)21-13)10(2)23(9)22-17(24)16-15(19)11-5-3-4-6-14(11)26-16/h3-8H,1-2H3,(H2,20,21)(H,22,24). The van der Waals surface area contributed by atoms with E-state index in [1.807, 2.05) is 49.6 Å². The Balaban J connectivity index is 1.69. The van der Waals surface area contributed by atoms with Gasteiger partial charge in [-0.05, 0) is 26.0 Å². The summed E-state index contributed by atoms with van der Waals surface area (Å²) in [5.41, 5.74) is 12.2. The Kier molecular flexibility index (Phi) is 4.22. The maximum absolute atomic E-state index is 12.8. The molecule has 0 atom stereocenters. The van der Waals surface area contributed by atoms with Gasteiger partial charge >= 0.3 is 0 Å². The highest BCUT2D eigenvalue weighted by Crippen LogP contribution is 2.35. The van der Waals surface area contributed by atoms with E-state index in [1.165, 1.54) is 22.7 Å². The van der Waals surface area contributed by atoms with Crippen molar-refractivity contribution < 1.29 is 4.79 Å². The van der Waals surface area contributed by atoms with Gasteiger partial charge < -0.3 is 5.73 Å². The number of carbonyl (C=O) groups is 1. The number of rotatable bonds is 3. The van der Waals surface area contributed by atoms with Crippen molar-refractivity contribution >= 4 is 55.4 Å². The van der Waals surface area contributed by atoms with Gasteiger partial charge in [-0.25, -0.2) is 4.98 Å². The zero-order chi connectivity index (χ0) is 18.4. The van der Waals surface area contributed by atoms with Gasteiger partial charge in [0.15, 0.2) is 5.13 Å². The van der Waals surface area contributed by atoms with Crippen LogP contribution in [0.1, 0.15) is 21.1 Å². The lowest BCUT2D eigenvalue weighted by Crippen LogP contribution is -2.24. The average Bonchev–Trinajstić information content (AvgIpc) is 3.27. The number of anilines is 1. The summed E-state index contributed by atoms with van der Waals surface area (Å²) in [6, 6.07) is 9.70. The molecule has 0 saturated heterocycles. The lowest BCUT2D eigenvalue weighted by Gasteiger charge is -2.11. The number of nitrogens with zero attached hydrogens (tertiary/aromatic N) is 2. The summed E-state index contributed by atoms with van der Waals surface area (Å²) in [7, 11) is 0. The molecule has 0 radical (unpaired) electrons. The van der Waals surface area contributed by atoms with Crippen molar-refractivity contribution in [1.29, 1.82) is 0 Å². The number of nitrogens with two attached hydrogens (primary N) is 1. The maximum atomic E-state index is 12.8. The number of aryl methyl sites for hydroxylation is 1. The summed E-state index contributed by atoms with van der Waals surface area (Å²) < 4.78 is 2.75. The van der Waals surface area contributed by atoms with Gasteiger partial charge in [-0.3, -0.25) is 14.9 Å². The average molecular weight is 403 g/mol. The van der Waals surface area contributed by atoms with Crippen molar-refractivity contribution in [3.05, 3.63) is 57.0 Å². The molecule has 1 amide bonds. The number of halogens is 1. The predicted molar refractivity (Wildman–Crippen MR) is 110 cm³/mol. The number of nitrogen functional groups attached to an aromatic ring is 1. The summed E-state index contributed by atoms with van der Waals surface area (Å²) >= 11 is 9.20. The third-order valence-corrected chi connectivity index (χ3v) is 6.53. The highest BCUT2D eigenvalue weighted by Gasteiger charge is 2.20. The molecule has 5 nitrogen and oxygen atoms in total. The van der Waals surface area contributed by atoms with Crippen LogP contribution in [0.5, 0.6) is 0 Å². The van der Waals surface area contributed by atoms with E-state index in [2.05, 4.69) is 10.4 Å². The van der Waals surface area contributed by atoms with Crippen molar-refractivity contribution in [1.82, 2.24) is 9.66 Å². The highest BCUT2D eigenvalue weighted by atomic mass is 35.5. The molecule has 132 valence electrons. The molecule has 3 heterocycles. The number of thiophene rings is 1. The summed E-state index contributed by atoms with van der Waals surface area (Å²) in [6.45, 7) is 3.86. The van der Waals surface area contributed by atoms with E-state index >= 15 is 0 Å². The summed E-state index contributed by atoms with van der Waals surface area (Å²) in [5, 5.41) is 3.81. The lowest BCUT2D eigenvalue weighted by atomic mass is 10.2. The van der Waals surface area contributed by atoms with Gasteiger partial charge in [-0.15, -0.1) is 22.7 Å². The Bertz CT molecular complexity index is 1140. The minimum atomic E-state index is -0.234. The molecule has 0 spiro atoms. The SMILES string of the molecule is Cc1cc(-c2csc(N)n2)c(C)n1NC(=O)c1sc2ccccc2c1Cl. The van der Waals surface area contributed by atoms with Crippen molar-refractivity contribution in [2.75, 3.05) is 11.2 Å². The van der Waals surface area contributed by atoms with Crippen LogP contribution in [-0.2, 0) is 0 Å². The van der Waals surface area contributed by atoms with Crippen LogP contribution in [0.4, 0.5) is 5.13 Å². The zero-order valence-electron chi connectivity index (χ0n) is 14.0. The molecule has 0 bridgehead atoms. The van der Waals surface area contributed by atoms with Crippen molar-refractivity contribution in [2.45, 2.75) is 13.8 Å². The molecule has 1 aromatic carbocycles. The first-order valence-electron chi connectivity index (χ1n) is 7.84. The molecule has 0 fully saturated rings. The lowest BCUT2D eigenvalue weighted by molar-refractivity contribution is 0.101. The van der Waals surface area contributed by atoms with E-state index in [0.29, 0.717) is 15.0 Å². The van der Waals surface area contributed by atoms with Gasteiger partial charge in [-0.2, -0.15) is 0 Å². The number of nitrogens with one attached hydrogen (secondary N) is 1. The zero-order valence-corrected chi connectivity index (χ0v) is 16.4. The fourth-order valence-electron chi connectivity index (χ4n) is 2.92. The quantitative estimate of drug-likeness (QED) is 0.502. The Morgan fingerprint density at radius 3 is 2.77 bits per heavy atom. The second-order valence-corrected chi connectivity index (χ2v) is 8.19. The van der Waals surface area contributed by atoms with Crippen LogP contribution in [-0.4, -0.2) is 15.6 Å². The molecule has 26 heavy (non-hydrogen) atoms. The van der Waals surface area contributed by atoms with Gasteiger partial charge in [0.05, 0.1) is 10.7 Å². The number of hydrogen-bond acceptors (Lipinski definition) is 5. The molecule has 3 aromatic heterocycles. The molecular formula is C18H15ClN4OS2. The topological polar surface area (TPSA) is 72.9 Å². The van der Waals surface area contributed by atoms with Crippen LogP contribution in [0, 0.1) is 13.8 Å². The molecule has 8 heteroatoms. The Labute approximate surface area is 163 Å². The second-order valence-electron chi connectivity index (χ2n) is 5.87. The molecule has 4 aromatic rings. The number of hydrogen-bond donors (Lipinski definition) is 2. The number of aromatic nitrogens is 2. The Hall–Kier alpha value is -2.35. The number of benzene rings is 1. The van der Waals surface area contributed by atoms with Gasteiger partial charge in [0, 0.05) is 32.4 Å². The number of carbonyl (C=O) groups excluding carboxylic acids is 1. The van der Waals surface area contributed by atoms with Crippen LogP contribution in [0.2, 0.25) is 5.02 Å². The Morgan fingerprint density at radius 2 is 2.08 bits per heavy atom. The molecule has 0 aliphatic carbocycles. The van der Waals surface area contributed by atoms with Crippen molar-refractivity contribution in [3.63, 3.8) is 0 Å². The first-order valence-corrected chi connectivity index (χ1v) is 9.92. The molecule has 3 N–H and O–H groups in total. The monoisotopic (exact) mass is 402 g/mol. The van der Waals surface area contributed by atoms with Crippen LogP contribution in [0.3, 0.4) is 0 Å². The highest BCUT2D eigenvalue weighted by molar-refractivity contribution is 7.21. The van der Waals surface area contributed by atoms with Gasteiger partial charge in [-0.1, -0.05) is 29.8 Å². The number of fused-ring (bicyclic) bond motifs is 1. The third kappa shape index (κ3) is 2.78. The second kappa shape index (κ2) is 6.42. The van der Waals surface area contributed by atoms with Crippen LogP contribution in [0.25, 0.3) is 21.3 Å². The minimum Gasteiger partial charge on any atom is -0.375 e. The molecule has 4 rings (SSSR count). The number of thiazole rings is 1. The van der Waals surface area contributed by atoms with E-state index in [9.17, 15) is 4.79 Å². The largest absolute Gasteiger partial charge is 0.375 e. The summed E-state index contributed by atoms with van der Waals surface area (Å²) in [4.78, 5) is 17.6. The fourth-order valence-corrected chi connectivity index (χ4v) is 4.89. The predicted octanol–water partition coefficient (Wildman–Crippen LogP) is 5.06. The van der Waals surface area contributed by atoms with E-state index in [4.69, 9.17) is 17.3 Å². The molecule has 0 aliphatic rings. The molecular weight excluding hydrogens is 388 g/mol. The maximum Gasteiger partial charge on any atom is 0.281 e. The van der Waals surface area contributed by atoms with Gasteiger partial charge in [0.2, 0.25) is 0 Å². The summed E-state index contributed by atoms with van der Waals surface area (Å²) in [6.07, 6.45) is 0.